The van der Waals surface area contributed by atoms with Crippen LogP contribution in [-0.4, -0.2) is 70.2 Å². The van der Waals surface area contributed by atoms with Crippen LogP contribution in [0.3, 0.4) is 0 Å². The summed E-state index contributed by atoms with van der Waals surface area (Å²) in [6.07, 6.45) is -3.33. The molecule has 0 aromatic heterocycles. The summed E-state index contributed by atoms with van der Waals surface area (Å²) in [7, 11) is 1.65. The molecule has 1 atom stereocenters. The number of alkyl halides is 3. The van der Waals surface area contributed by atoms with Crippen molar-refractivity contribution < 1.29 is 27.4 Å². The minimum absolute atomic E-state index is 0. The van der Waals surface area contributed by atoms with Crippen molar-refractivity contribution in [2.24, 2.45) is 10.9 Å². The van der Waals surface area contributed by atoms with Crippen LogP contribution in [0, 0.1) is 5.92 Å². The van der Waals surface area contributed by atoms with Gasteiger partial charge in [-0.25, -0.2) is 4.99 Å². The Morgan fingerprint density at radius 1 is 1.30 bits per heavy atom. The molecule has 1 unspecified atom stereocenters. The third kappa shape index (κ3) is 10.2. The van der Waals surface area contributed by atoms with E-state index in [4.69, 9.17) is 14.2 Å². The Balaban J connectivity index is 0.00000450. The summed E-state index contributed by atoms with van der Waals surface area (Å²) in [4.78, 5) is 6.85. The Kier molecular flexibility index (Phi) is 12.4. The number of aliphatic imine (C=N–C) groups is 1. The summed E-state index contributed by atoms with van der Waals surface area (Å²) in [5.74, 6) is 1.43. The number of ether oxygens (including phenoxy) is 3. The lowest BCUT2D eigenvalue weighted by atomic mass is 10.1. The van der Waals surface area contributed by atoms with Gasteiger partial charge in [0, 0.05) is 32.7 Å². The van der Waals surface area contributed by atoms with E-state index < -0.39 is 12.8 Å². The monoisotopic (exact) mass is 545 g/mol. The molecule has 1 aliphatic rings. The number of benzene rings is 1. The van der Waals surface area contributed by atoms with Gasteiger partial charge in [0.25, 0.3) is 0 Å². The summed E-state index contributed by atoms with van der Waals surface area (Å²) in [5, 5.41) is 3.29. The van der Waals surface area contributed by atoms with Gasteiger partial charge < -0.3 is 24.4 Å². The van der Waals surface area contributed by atoms with Crippen molar-refractivity contribution in [2.45, 2.75) is 26.1 Å². The van der Waals surface area contributed by atoms with Gasteiger partial charge in [0.05, 0.1) is 26.4 Å². The maximum Gasteiger partial charge on any atom is 0.422 e. The average Bonchev–Trinajstić information content (AvgIpc) is 3.15. The number of nitrogens with one attached hydrogen (secondary N) is 1. The molecule has 30 heavy (non-hydrogen) atoms. The van der Waals surface area contributed by atoms with Crippen molar-refractivity contribution in [1.82, 2.24) is 10.2 Å². The summed E-state index contributed by atoms with van der Waals surface area (Å²) in [5.41, 5.74) is 0.790. The van der Waals surface area contributed by atoms with Crippen LogP contribution in [0.2, 0.25) is 0 Å². The number of hydrogen-bond acceptors (Lipinski definition) is 4. The molecule has 1 aliphatic heterocycles. The molecular weight excluding hydrogens is 514 g/mol. The Labute approximate surface area is 193 Å². The Hall–Kier alpha value is -1.27. The molecule has 2 rings (SSSR count). The minimum atomic E-state index is -4.36. The molecule has 1 N–H and O–H groups in total. The van der Waals surface area contributed by atoms with Gasteiger partial charge in [0.15, 0.2) is 12.6 Å². The zero-order chi connectivity index (χ0) is 21.1. The van der Waals surface area contributed by atoms with Gasteiger partial charge >= 0.3 is 6.18 Å². The van der Waals surface area contributed by atoms with E-state index in [0.29, 0.717) is 32.3 Å². The van der Waals surface area contributed by atoms with Crippen molar-refractivity contribution in [3.05, 3.63) is 29.8 Å². The van der Waals surface area contributed by atoms with Crippen molar-refractivity contribution in [2.75, 3.05) is 53.2 Å². The summed E-state index contributed by atoms with van der Waals surface area (Å²) >= 11 is 0. The van der Waals surface area contributed by atoms with Gasteiger partial charge in [0.2, 0.25) is 0 Å². The van der Waals surface area contributed by atoms with E-state index in [-0.39, 0.29) is 29.7 Å². The van der Waals surface area contributed by atoms with Gasteiger partial charge in [0.1, 0.15) is 5.75 Å². The summed E-state index contributed by atoms with van der Waals surface area (Å²) in [6.45, 7) is 5.41. The second kappa shape index (κ2) is 13.9. The maximum absolute atomic E-state index is 12.3. The molecule has 1 fully saturated rings. The fraction of sp³-hybridized carbons (Fsp3) is 0.650. The van der Waals surface area contributed by atoms with E-state index in [0.717, 1.165) is 37.6 Å². The molecule has 0 amide bonds. The van der Waals surface area contributed by atoms with E-state index >= 15 is 0 Å². The number of methoxy groups -OCH3 is 1. The first-order valence-electron chi connectivity index (χ1n) is 9.79. The van der Waals surface area contributed by atoms with Crippen molar-refractivity contribution in [1.29, 1.82) is 0 Å². The fourth-order valence-corrected chi connectivity index (χ4v) is 3.04. The molecular formula is C20H31F3IN3O3. The van der Waals surface area contributed by atoms with E-state index in [1.54, 1.807) is 19.2 Å². The van der Waals surface area contributed by atoms with Crippen LogP contribution in [0.15, 0.2) is 29.3 Å². The van der Waals surface area contributed by atoms with Gasteiger partial charge in [-0.3, -0.25) is 0 Å². The third-order valence-electron chi connectivity index (χ3n) is 4.42. The standard InChI is InChI=1S/C20H30F3N3O3.HI/c1-3-24-19(26-8-7-17(13-26)14-28-10-9-27-2)25-12-16-5-4-6-18(11-16)29-15-20(21,22)23;/h4-6,11,17H,3,7-10,12-15H2,1-2H3,(H,24,25);1H. The second-order valence-electron chi connectivity index (χ2n) is 6.89. The van der Waals surface area contributed by atoms with Crippen LogP contribution in [-0.2, 0) is 16.0 Å². The molecule has 1 heterocycles. The topological polar surface area (TPSA) is 55.3 Å². The van der Waals surface area contributed by atoms with Gasteiger partial charge in [-0.2, -0.15) is 13.2 Å². The quantitative estimate of drug-likeness (QED) is 0.211. The normalized spacial score (nSPS) is 17.0. The fourth-order valence-electron chi connectivity index (χ4n) is 3.04. The molecule has 1 aromatic rings. The van der Waals surface area contributed by atoms with Crippen LogP contribution in [0.1, 0.15) is 18.9 Å². The van der Waals surface area contributed by atoms with E-state index in [1.807, 2.05) is 13.0 Å². The Morgan fingerprint density at radius 2 is 2.10 bits per heavy atom. The van der Waals surface area contributed by atoms with Gasteiger partial charge in [-0.15, -0.1) is 24.0 Å². The van der Waals surface area contributed by atoms with Crippen LogP contribution in [0.5, 0.6) is 5.75 Å². The average molecular weight is 545 g/mol. The van der Waals surface area contributed by atoms with Gasteiger partial charge in [-0.1, -0.05) is 12.1 Å². The highest BCUT2D eigenvalue weighted by atomic mass is 127. The number of rotatable bonds is 10. The van der Waals surface area contributed by atoms with E-state index in [1.165, 1.54) is 6.07 Å². The predicted octanol–water partition coefficient (Wildman–Crippen LogP) is 3.70. The number of guanidine groups is 1. The van der Waals surface area contributed by atoms with Crippen LogP contribution in [0.25, 0.3) is 0 Å². The lowest BCUT2D eigenvalue weighted by Crippen LogP contribution is -2.40. The third-order valence-corrected chi connectivity index (χ3v) is 4.42. The Morgan fingerprint density at radius 3 is 2.80 bits per heavy atom. The highest BCUT2D eigenvalue weighted by Crippen LogP contribution is 2.20. The second-order valence-corrected chi connectivity index (χ2v) is 6.89. The minimum Gasteiger partial charge on any atom is -0.484 e. The molecule has 172 valence electrons. The Bertz CT molecular complexity index is 647. The van der Waals surface area contributed by atoms with Crippen LogP contribution >= 0.6 is 24.0 Å². The van der Waals surface area contributed by atoms with Gasteiger partial charge in [-0.05, 0) is 31.0 Å². The van der Waals surface area contributed by atoms with E-state index in [9.17, 15) is 13.2 Å². The largest absolute Gasteiger partial charge is 0.484 e. The zero-order valence-electron chi connectivity index (χ0n) is 17.4. The first-order valence-corrected chi connectivity index (χ1v) is 9.79. The molecule has 1 aromatic carbocycles. The first-order chi connectivity index (χ1) is 13.9. The molecule has 1 saturated heterocycles. The molecule has 0 aliphatic carbocycles. The molecule has 0 radical (unpaired) electrons. The molecule has 0 bridgehead atoms. The predicted molar refractivity (Wildman–Crippen MR) is 121 cm³/mol. The molecule has 10 heteroatoms. The lowest BCUT2D eigenvalue weighted by Gasteiger charge is -2.21. The molecule has 6 nitrogen and oxygen atoms in total. The highest BCUT2D eigenvalue weighted by molar-refractivity contribution is 14.0. The number of halogens is 4. The number of nitrogens with zero attached hydrogens (tertiary/aromatic N) is 2. The molecule has 0 spiro atoms. The van der Waals surface area contributed by atoms with Crippen LogP contribution < -0.4 is 10.1 Å². The van der Waals surface area contributed by atoms with Crippen molar-refractivity contribution >= 4 is 29.9 Å². The lowest BCUT2D eigenvalue weighted by molar-refractivity contribution is -0.153. The number of likely N-dealkylation sites (tertiary alicyclic amines) is 1. The zero-order valence-corrected chi connectivity index (χ0v) is 19.7. The first kappa shape index (κ1) is 26.8. The molecule has 0 saturated carbocycles. The SMILES string of the molecule is CCNC(=NCc1cccc(OCC(F)(F)F)c1)N1CCC(COCCOC)C1.I. The van der Waals surface area contributed by atoms with Crippen LogP contribution in [0.4, 0.5) is 13.2 Å². The number of hydrogen-bond donors (Lipinski definition) is 1. The van der Waals surface area contributed by atoms with Crippen molar-refractivity contribution in [3.8, 4) is 5.75 Å². The smallest absolute Gasteiger partial charge is 0.422 e. The van der Waals surface area contributed by atoms with E-state index in [2.05, 4.69) is 15.2 Å². The highest BCUT2D eigenvalue weighted by Gasteiger charge is 2.28. The maximum atomic E-state index is 12.3. The van der Waals surface area contributed by atoms with Crippen molar-refractivity contribution in [3.63, 3.8) is 0 Å². The summed E-state index contributed by atoms with van der Waals surface area (Å²) < 4.78 is 52.4. The summed E-state index contributed by atoms with van der Waals surface area (Å²) in [6, 6.07) is 6.60.